The number of carbonyl (C=O) groups excluding carboxylic acids is 1. The van der Waals surface area contributed by atoms with Crippen molar-refractivity contribution in [3.63, 3.8) is 0 Å². The first kappa shape index (κ1) is 16.4. The molecule has 8 nitrogen and oxygen atoms in total. The third-order valence-corrected chi connectivity index (χ3v) is 3.76. The summed E-state index contributed by atoms with van der Waals surface area (Å²) in [5.41, 5.74) is 0.748. The Bertz CT molecular complexity index is 697. The van der Waals surface area contributed by atoms with Crippen LogP contribution in [0, 0.1) is 6.92 Å². The van der Waals surface area contributed by atoms with E-state index in [1.165, 1.54) is 0 Å². The van der Waals surface area contributed by atoms with Crippen LogP contribution in [0.5, 0.6) is 5.75 Å². The molecule has 1 saturated heterocycles. The molecule has 0 saturated carbocycles. The highest BCUT2D eigenvalue weighted by molar-refractivity contribution is 5.82. The first-order valence-electron chi connectivity index (χ1n) is 7.75. The number of morpholine rings is 1. The lowest BCUT2D eigenvalue weighted by molar-refractivity contribution is -0.134. The summed E-state index contributed by atoms with van der Waals surface area (Å²) in [4.78, 5) is 16.8. The van der Waals surface area contributed by atoms with Gasteiger partial charge in [-0.25, -0.2) is 0 Å². The second-order valence-electron chi connectivity index (χ2n) is 5.42. The number of rotatable bonds is 5. The Morgan fingerprint density at radius 3 is 2.96 bits per heavy atom. The van der Waals surface area contributed by atoms with Gasteiger partial charge in [0.1, 0.15) is 17.9 Å². The molecule has 2 aromatic rings. The molecule has 0 radical (unpaired) electrons. The third kappa shape index (κ3) is 3.55. The van der Waals surface area contributed by atoms with Crippen molar-refractivity contribution in [3.8, 4) is 5.75 Å². The number of hydrogen-bond acceptors (Lipinski definition) is 7. The number of amides is 1. The van der Waals surface area contributed by atoms with Crippen molar-refractivity contribution in [2.24, 2.45) is 0 Å². The molecule has 2 heterocycles. The maximum atomic E-state index is 12.6. The zero-order valence-electron chi connectivity index (χ0n) is 13.6. The second-order valence-corrected chi connectivity index (χ2v) is 5.42. The van der Waals surface area contributed by atoms with Crippen molar-refractivity contribution < 1.29 is 18.8 Å². The number of hydrogen-bond donors (Lipinski definition) is 2. The zero-order valence-corrected chi connectivity index (χ0v) is 13.6. The van der Waals surface area contributed by atoms with Gasteiger partial charge in [-0.2, -0.15) is 4.98 Å². The quantitative estimate of drug-likeness (QED) is 0.826. The summed E-state index contributed by atoms with van der Waals surface area (Å²) >= 11 is 0. The van der Waals surface area contributed by atoms with E-state index in [0.29, 0.717) is 30.6 Å². The highest BCUT2D eigenvalue weighted by Crippen LogP contribution is 2.28. The van der Waals surface area contributed by atoms with Gasteiger partial charge in [-0.15, -0.1) is 0 Å². The molecule has 3 rings (SSSR count). The second kappa shape index (κ2) is 7.41. The number of ether oxygens (including phenoxy) is 2. The highest BCUT2D eigenvalue weighted by Gasteiger charge is 2.29. The molecule has 24 heavy (non-hydrogen) atoms. The van der Waals surface area contributed by atoms with Gasteiger partial charge in [0.05, 0.1) is 13.7 Å². The number of carbonyl (C=O) groups is 1. The number of nitrogens with zero attached hydrogens (tertiary/aromatic N) is 2. The first-order valence-corrected chi connectivity index (χ1v) is 7.75. The maximum absolute atomic E-state index is 12.6. The molecule has 0 aliphatic carbocycles. The van der Waals surface area contributed by atoms with Gasteiger partial charge in [-0.05, 0) is 6.07 Å². The smallest absolute Gasteiger partial charge is 0.251 e. The van der Waals surface area contributed by atoms with Crippen LogP contribution in [0.25, 0.3) is 0 Å². The van der Waals surface area contributed by atoms with Crippen LogP contribution >= 0.6 is 0 Å². The molecule has 8 heteroatoms. The molecular weight excluding hydrogens is 312 g/mol. The van der Waals surface area contributed by atoms with Crippen molar-refractivity contribution in [2.75, 3.05) is 26.8 Å². The van der Waals surface area contributed by atoms with Crippen LogP contribution in [0.15, 0.2) is 28.8 Å². The van der Waals surface area contributed by atoms with Crippen LogP contribution in [0.4, 0.5) is 0 Å². The predicted molar refractivity (Wildman–Crippen MR) is 84.6 cm³/mol. The Morgan fingerprint density at radius 2 is 2.29 bits per heavy atom. The fraction of sp³-hybridized carbons (Fsp3) is 0.438. The summed E-state index contributed by atoms with van der Waals surface area (Å²) in [6.07, 6.45) is -0.552. The molecule has 1 aliphatic heterocycles. The number of benzene rings is 1. The Balaban J connectivity index is 1.89. The minimum Gasteiger partial charge on any atom is -0.496 e. The average molecular weight is 332 g/mol. The topological polar surface area (TPSA) is 98.5 Å². The number of para-hydroxylation sites is 1. The molecule has 1 aliphatic rings. The fourth-order valence-corrected chi connectivity index (χ4v) is 2.59. The molecule has 1 aromatic heterocycles. The van der Waals surface area contributed by atoms with Gasteiger partial charge >= 0.3 is 0 Å². The summed E-state index contributed by atoms with van der Waals surface area (Å²) in [6, 6.07) is 6.81. The van der Waals surface area contributed by atoms with Gasteiger partial charge < -0.3 is 24.6 Å². The van der Waals surface area contributed by atoms with E-state index in [2.05, 4.69) is 20.8 Å². The average Bonchev–Trinajstić information content (AvgIpc) is 3.06. The van der Waals surface area contributed by atoms with Crippen molar-refractivity contribution in [1.29, 1.82) is 0 Å². The monoisotopic (exact) mass is 332 g/mol. The lowest BCUT2D eigenvalue weighted by Gasteiger charge is -2.25. The van der Waals surface area contributed by atoms with E-state index >= 15 is 0 Å². The number of methoxy groups -OCH3 is 1. The maximum Gasteiger partial charge on any atom is 0.251 e. The molecule has 0 bridgehead atoms. The van der Waals surface area contributed by atoms with Crippen molar-refractivity contribution in [1.82, 2.24) is 20.8 Å². The van der Waals surface area contributed by atoms with Crippen LogP contribution in [-0.4, -0.2) is 49.0 Å². The van der Waals surface area contributed by atoms with Crippen LogP contribution < -0.4 is 15.4 Å². The predicted octanol–water partition coefficient (Wildman–Crippen LogP) is 0.581. The van der Waals surface area contributed by atoms with Crippen LogP contribution in [0.3, 0.4) is 0 Å². The minimum absolute atomic E-state index is 0.236. The molecular formula is C16H20N4O4. The third-order valence-electron chi connectivity index (χ3n) is 3.76. The van der Waals surface area contributed by atoms with Gasteiger partial charge in [-0.3, -0.25) is 4.79 Å². The molecule has 2 N–H and O–H groups in total. The number of aryl methyl sites for hydroxylation is 1. The molecule has 1 amide bonds. The van der Waals surface area contributed by atoms with Gasteiger partial charge in [0, 0.05) is 25.6 Å². The molecule has 0 spiro atoms. The van der Waals surface area contributed by atoms with Gasteiger partial charge in [0.25, 0.3) is 5.91 Å². The summed E-state index contributed by atoms with van der Waals surface area (Å²) in [5.74, 6) is 1.19. The van der Waals surface area contributed by atoms with Crippen LogP contribution in [0.2, 0.25) is 0 Å². The fourth-order valence-electron chi connectivity index (χ4n) is 2.59. The van der Waals surface area contributed by atoms with Gasteiger partial charge in [0.2, 0.25) is 5.89 Å². The first-order chi connectivity index (χ1) is 11.7. The van der Waals surface area contributed by atoms with E-state index in [1.807, 2.05) is 24.3 Å². The Labute approximate surface area is 139 Å². The van der Waals surface area contributed by atoms with Crippen molar-refractivity contribution in [3.05, 3.63) is 41.5 Å². The molecule has 1 aromatic carbocycles. The SMILES string of the molecule is COc1ccccc1[C@H](NC(=O)[C@@H]1CNCCO1)c1noc(C)n1. The highest BCUT2D eigenvalue weighted by atomic mass is 16.5. The minimum atomic E-state index is -0.586. The van der Waals surface area contributed by atoms with E-state index in [0.717, 1.165) is 12.1 Å². The zero-order chi connectivity index (χ0) is 16.9. The standard InChI is InChI=1S/C16H20N4O4/c1-10-18-15(20-24-10)14(11-5-3-4-6-12(11)22-2)19-16(21)13-9-17-7-8-23-13/h3-6,13-14,17H,7-9H2,1-2H3,(H,19,21)/t13-,14-/m0/s1. The number of aromatic nitrogens is 2. The van der Waals surface area contributed by atoms with Crippen molar-refractivity contribution in [2.45, 2.75) is 19.1 Å². The van der Waals surface area contributed by atoms with E-state index in [9.17, 15) is 4.79 Å². The lowest BCUT2D eigenvalue weighted by Crippen LogP contribution is -2.48. The van der Waals surface area contributed by atoms with Crippen LogP contribution in [-0.2, 0) is 9.53 Å². The van der Waals surface area contributed by atoms with E-state index in [1.54, 1.807) is 14.0 Å². The lowest BCUT2D eigenvalue weighted by atomic mass is 10.0. The van der Waals surface area contributed by atoms with Crippen LogP contribution in [0.1, 0.15) is 23.3 Å². The Hall–Kier alpha value is -2.45. The largest absolute Gasteiger partial charge is 0.496 e. The summed E-state index contributed by atoms with van der Waals surface area (Å²) in [6.45, 7) is 3.41. The van der Waals surface area contributed by atoms with Gasteiger partial charge in [-0.1, -0.05) is 23.4 Å². The Kier molecular flexibility index (Phi) is 5.07. The summed E-state index contributed by atoms with van der Waals surface area (Å²) in [7, 11) is 1.58. The van der Waals surface area contributed by atoms with E-state index < -0.39 is 12.1 Å². The molecule has 1 fully saturated rings. The molecule has 0 unspecified atom stereocenters. The number of nitrogens with one attached hydrogen (secondary N) is 2. The summed E-state index contributed by atoms with van der Waals surface area (Å²) < 4.78 is 16.0. The van der Waals surface area contributed by atoms with Crippen molar-refractivity contribution >= 4 is 5.91 Å². The molecule has 2 atom stereocenters. The Morgan fingerprint density at radius 1 is 1.46 bits per heavy atom. The van der Waals surface area contributed by atoms with E-state index in [4.69, 9.17) is 14.0 Å². The van der Waals surface area contributed by atoms with Gasteiger partial charge in [0.15, 0.2) is 5.82 Å². The molecule has 128 valence electrons. The van der Waals surface area contributed by atoms with E-state index in [-0.39, 0.29) is 5.91 Å². The summed E-state index contributed by atoms with van der Waals surface area (Å²) in [5, 5.41) is 10.0. The normalized spacial score (nSPS) is 18.8.